The second-order valence-electron chi connectivity index (χ2n) is 5.88. The molecule has 1 saturated heterocycles. The fourth-order valence-electron chi connectivity index (χ4n) is 2.90. The number of carbonyl (C=O) groups excluding carboxylic acids is 3. The van der Waals surface area contributed by atoms with Gasteiger partial charge in [-0.05, 0) is 6.07 Å². The Morgan fingerprint density at radius 3 is 2.77 bits per heavy atom. The number of methoxy groups -OCH3 is 2. The van der Waals surface area contributed by atoms with Crippen LogP contribution in [0.5, 0.6) is 11.5 Å². The summed E-state index contributed by atoms with van der Waals surface area (Å²) < 4.78 is 10.7. The molecule has 1 fully saturated rings. The van der Waals surface area contributed by atoms with Crippen molar-refractivity contribution in [2.75, 3.05) is 33.9 Å². The highest BCUT2D eigenvalue weighted by Crippen LogP contribution is 2.32. The van der Waals surface area contributed by atoms with Crippen LogP contribution in [-0.2, 0) is 20.9 Å². The summed E-state index contributed by atoms with van der Waals surface area (Å²) in [5.41, 5.74) is 5.87. The number of nitrogens with zero attached hydrogens (tertiary/aromatic N) is 1. The van der Waals surface area contributed by atoms with Crippen LogP contribution < -0.4 is 25.8 Å². The van der Waals surface area contributed by atoms with E-state index in [1.165, 1.54) is 0 Å². The molecule has 1 aromatic carbocycles. The van der Waals surface area contributed by atoms with Crippen molar-refractivity contribution in [3.8, 4) is 11.5 Å². The van der Waals surface area contributed by atoms with Gasteiger partial charge in [0.15, 0.2) is 11.5 Å². The predicted molar refractivity (Wildman–Crippen MR) is 93.6 cm³/mol. The van der Waals surface area contributed by atoms with Crippen molar-refractivity contribution in [2.24, 2.45) is 5.73 Å². The van der Waals surface area contributed by atoms with Crippen molar-refractivity contribution in [3.05, 3.63) is 23.8 Å². The predicted octanol–water partition coefficient (Wildman–Crippen LogP) is -1.00. The fourth-order valence-corrected chi connectivity index (χ4v) is 2.90. The third-order valence-corrected chi connectivity index (χ3v) is 4.14. The Labute approximate surface area is 151 Å². The Morgan fingerprint density at radius 1 is 1.35 bits per heavy atom. The number of nitrogens with two attached hydrogens (primary N) is 1. The second-order valence-corrected chi connectivity index (χ2v) is 5.88. The van der Waals surface area contributed by atoms with Crippen LogP contribution in [-0.4, -0.2) is 62.5 Å². The lowest BCUT2D eigenvalue weighted by atomic mass is 10.1. The number of hydrogen-bond donors (Lipinski definition) is 3. The maximum Gasteiger partial charge on any atom is 0.237 e. The summed E-state index contributed by atoms with van der Waals surface area (Å²) in [6.07, 6.45) is -0.0641. The van der Waals surface area contributed by atoms with Crippen LogP contribution in [0.15, 0.2) is 18.2 Å². The van der Waals surface area contributed by atoms with E-state index in [2.05, 4.69) is 10.6 Å². The van der Waals surface area contributed by atoms with E-state index in [1.807, 2.05) is 17.0 Å². The van der Waals surface area contributed by atoms with E-state index < -0.39 is 17.9 Å². The van der Waals surface area contributed by atoms with E-state index >= 15 is 0 Å². The first-order valence-corrected chi connectivity index (χ1v) is 8.23. The van der Waals surface area contributed by atoms with Crippen LogP contribution in [0.1, 0.15) is 12.0 Å². The lowest BCUT2D eigenvalue weighted by Gasteiger charge is -2.35. The number of nitrogens with one attached hydrogen (secondary N) is 2. The monoisotopic (exact) mass is 364 g/mol. The largest absolute Gasteiger partial charge is 0.493 e. The summed E-state index contributed by atoms with van der Waals surface area (Å²) in [5.74, 6) is -0.0784. The fraction of sp³-hybridized carbons (Fsp3) is 0.471. The van der Waals surface area contributed by atoms with Crippen molar-refractivity contribution in [1.82, 2.24) is 15.5 Å². The van der Waals surface area contributed by atoms with Crippen molar-refractivity contribution in [2.45, 2.75) is 19.0 Å². The molecular formula is C17H24N4O5. The Kier molecular flexibility index (Phi) is 6.79. The Bertz CT molecular complexity index is 679. The SMILES string of the molecule is COc1cccc(CN2CCNC(=O)[C@H]2CC(=O)NCC(N)=O)c1OC. The van der Waals surface area contributed by atoms with Crippen LogP contribution in [0.3, 0.4) is 0 Å². The molecular weight excluding hydrogens is 340 g/mol. The zero-order valence-electron chi connectivity index (χ0n) is 14.9. The zero-order valence-corrected chi connectivity index (χ0v) is 14.9. The molecule has 4 N–H and O–H groups in total. The van der Waals surface area contributed by atoms with Crippen LogP contribution in [0.4, 0.5) is 0 Å². The van der Waals surface area contributed by atoms with Crippen molar-refractivity contribution in [3.63, 3.8) is 0 Å². The number of ether oxygens (including phenoxy) is 2. The number of piperazine rings is 1. The molecule has 2 rings (SSSR count). The molecule has 0 unspecified atom stereocenters. The molecule has 1 aliphatic rings. The van der Waals surface area contributed by atoms with Gasteiger partial charge in [0.2, 0.25) is 17.7 Å². The normalized spacial score (nSPS) is 17.3. The maximum atomic E-state index is 12.3. The minimum absolute atomic E-state index is 0.0641. The average Bonchev–Trinajstić information content (AvgIpc) is 2.62. The van der Waals surface area contributed by atoms with Crippen LogP contribution >= 0.6 is 0 Å². The van der Waals surface area contributed by atoms with Gasteiger partial charge in [0.25, 0.3) is 0 Å². The minimum Gasteiger partial charge on any atom is -0.493 e. The first-order chi connectivity index (χ1) is 12.5. The number of rotatable bonds is 8. The molecule has 1 aromatic rings. The van der Waals surface area contributed by atoms with E-state index in [1.54, 1.807) is 20.3 Å². The molecule has 0 aliphatic carbocycles. The lowest BCUT2D eigenvalue weighted by molar-refractivity contribution is -0.134. The topological polar surface area (TPSA) is 123 Å². The highest BCUT2D eigenvalue weighted by molar-refractivity contribution is 5.90. The van der Waals surface area contributed by atoms with E-state index in [9.17, 15) is 14.4 Å². The highest BCUT2D eigenvalue weighted by Gasteiger charge is 2.32. The molecule has 26 heavy (non-hydrogen) atoms. The summed E-state index contributed by atoms with van der Waals surface area (Å²) in [6.45, 7) is 1.24. The van der Waals surface area contributed by atoms with Crippen LogP contribution in [0.25, 0.3) is 0 Å². The molecule has 1 atom stereocenters. The zero-order chi connectivity index (χ0) is 19.1. The summed E-state index contributed by atoms with van der Waals surface area (Å²) in [5, 5.41) is 5.17. The Hall–Kier alpha value is -2.81. The molecule has 0 bridgehead atoms. The van der Waals surface area contributed by atoms with Gasteiger partial charge in [0, 0.05) is 25.2 Å². The molecule has 1 heterocycles. The van der Waals surface area contributed by atoms with Crippen LogP contribution in [0.2, 0.25) is 0 Å². The molecule has 9 nitrogen and oxygen atoms in total. The van der Waals surface area contributed by atoms with Crippen molar-refractivity contribution >= 4 is 17.7 Å². The molecule has 0 aromatic heterocycles. The third-order valence-electron chi connectivity index (χ3n) is 4.14. The highest BCUT2D eigenvalue weighted by atomic mass is 16.5. The molecule has 0 saturated carbocycles. The van der Waals surface area contributed by atoms with Gasteiger partial charge in [-0.1, -0.05) is 12.1 Å². The first kappa shape index (κ1) is 19.5. The molecule has 9 heteroatoms. The standard InChI is InChI=1S/C17H24N4O5/c1-25-13-5-3-4-11(16(13)26-2)10-21-7-6-19-17(24)12(21)8-15(23)20-9-14(18)22/h3-5,12H,6-10H2,1-2H3,(H2,18,22)(H,19,24)(H,20,23)/t12-/m1/s1. The first-order valence-electron chi connectivity index (χ1n) is 8.23. The third kappa shape index (κ3) is 4.85. The van der Waals surface area contributed by atoms with Gasteiger partial charge in [-0.3, -0.25) is 19.3 Å². The quantitative estimate of drug-likeness (QED) is 0.543. The summed E-state index contributed by atoms with van der Waals surface area (Å²) >= 11 is 0. The Balaban J connectivity index is 2.14. The van der Waals surface area contributed by atoms with Gasteiger partial charge >= 0.3 is 0 Å². The molecule has 1 aliphatic heterocycles. The molecule has 0 radical (unpaired) electrons. The van der Waals surface area contributed by atoms with Crippen LogP contribution in [0, 0.1) is 0 Å². The summed E-state index contributed by atoms with van der Waals surface area (Å²) in [7, 11) is 3.11. The number of primary amides is 1. The molecule has 142 valence electrons. The average molecular weight is 364 g/mol. The molecule has 0 spiro atoms. The number of hydrogen-bond acceptors (Lipinski definition) is 6. The minimum atomic E-state index is -0.646. The molecule has 3 amide bonds. The summed E-state index contributed by atoms with van der Waals surface area (Å²) in [4.78, 5) is 37.0. The van der Waals surface area contributed by atoms with Gasteiger partial charge in [0.1, 0.15) is 0 Å². The number of carbonyl (C=O) groups is 3. The van der Waals surface area contributed by atoms with Crippen molar-refractivity contribution in [1.29, 1.82) is 0 Å². The number of benzene rings is 1. The van der Waals surface area contributed by atoms with Crippen molar-refractivity contribution < 1.29 is 23.9 Å². The van der Waals surface area contributed by atoms with E-state index in [-0.39, 0.29) is 18.9 Å². The Morgan fingerprint density at radius 2 is 2.12 bits per heavy atom. The second kappa shape index (κ2) is 9.04. The van der Waals surface area contributed by atoms with Gasteiger partial charge < -0.3 is 25.8 Å². The smallest absolute Gasteiger partial charge is 0.237 e. The van der Waals surface area contributed by atoms with E-state index in [0.29, 0.717) is 31.1 Å². The van der Waals surface area contributed by atoms with E-state index in [4.69, 9.17) is 15.2 Å². The van der Waals surface area contributed by atoms with E-state index in [0.717, 1.165) is 5.56 Å². The number of amides is 3. The van der Waals surface area contributed by atoms with Gasteiger partial charge in [-0.2, -0.15) is 0 Å². The number of para-hydroxylation sites is 1. The summed E-state index contributed by atoms with van der Waals surface area (Å²) in [6, 6.07) is 4.88. The lowest BCUT2D eigenvalue weighted by Crippen LogP contribution is -2.56. The van der Waals surface area contributed by atoms with Gasteiger partial charge in [0.05, 0.1) is 33.2 Å². The van der Waals surface area contributed by atoms with Gasteiger partial charge in [-0.15, -0.1) is 0 Å². The maximum absolute atomic E-state index is 12.3. The van der Waals surface area contributed by atoms with Gasteiger partial charge in [-0.25, -0.2) is 0 Å².